The van der Waals surface area contributed by atoms with Crippen molar-refractivity contribution in [2.75, 3.05) is 11.1 Å². The highest BCUT2D eigenvalue weighted by Crippen LogP contribution is 2.14. The Kier molecular flexibility index (Phi) is 3.30. The van der Waals surface area contributed by atoms with E-state index in [0.717, 1.165) is 5.69 Å². The summed E-state index contributed by atoms with van der Waals surface area (Å²) in [4.78, 5) is 12.0. The van der Waals surface area contributed by atoms with Crippen LogP contribution in [0.1, 0.15) is 10.4 Å². The summed E-state index contributed by atoms with van der Waals surface area (Å²) in [5.41, 5.74) is 8.26. The summed E-state index contributed by atoms with van der Waals surface area (Å²) in [7, 11) is 0. The Labute approximate surface area is 120 Å². The third-order valence-electron chi connectivity index (χ3n) is 2.91. The lowest BCUT2D eigenvalue weighted by Gasteiger charge is -2.06. The van der Waals surface area contributed by atoms with Gasteiger partial charge in [-0.25, -0.2) is 4.68 Å². The van der Waals surface area contributed by atoms with Gasteiger partial charge in [0.2, 0.25) is 0 Å². The van der Waals surface area contributed by atoms with Gasteiger partial charge in [0.05, 0.1) is 5.69 Å². The summed E-state index contributed by atoms with van der Waals surface area (Å²) < 4.78 is 1.53. The third-order valence-corrected chi connectivity index (χ3v) is 2.91. The zero-order chi connectivity index (χ0) is 14.7. The third kappa shape index (κ3) is 2.86. The molecule has 0 aliphatic rings. The fourth-order valence-corrected chi connectivity index (χ4v) is 1.81. The van der Waals surface area contributed by atoms with Gasteiger partial charge in [-0.15, -0.1) is 5.10 Å². The van der Waals surface area contributed by atoms with Crippen molar-refractivity contribution in [2.45, 2.75) is 0 Å². The van der Waals surface area contributed by atoms with Crippen LogP contribution in [0.15, 0.2) is 54.9 Å². The van der Waals surface area contributed by atoms with Crippen molar-refractivity contribution in [3.63, 3.8) is 0 Å². The number of benzene rings is 2. The van der Waals surface area contributed by atoms with Gasteiger partial charge in [-0.3, -0.25) is 4.79 Å². The van der Waals surface area contributed by atoms with Crippen LogP contribution in [0.25, 0.3) is 5.69 Å². The number of hydrogen-bond acceptors (Lipinski definition) is 5. The number of nitrogen functional groups attached to an aromatic ring is 1. The molecular weight excluding hydrogens is 268 g/mol. The van der Waals surface area contributed by atoms with Crippen LogP contribution < -0.4 is 11.1 Å². The largest absolute Gasteiger partial charge is 0.399 e. The first-order chi connectivity index (χ1) is 10.2. The molecule has 104 valence electrons. The van der Waals surface area contributed by atoms with Crippen molar-refractivity contribution in [1.82, 2.24) is 20.2 Å². The minimum atomic E-state index is -0.190. The average Bonchev–Trinajstić information content (AvgIpc) is 3.03. The van der Waals surface area contributed by atoms with Crippen molar-refractivity contribution >= 4 is 17.3 Å². The summed E-state index contributed by atoms with van der Waals surface area (Å²) in [5, 5.41) is 13.7. The second-order valence-electron chi connectivity index (χ2n) is 4.38. The summed E-state index contributed by atoms with van der Waals surface area (Å²) in [5.74, 6) is -0.190. The molecule has 21 heavy (non-hydrogen) atoms. The van der Waals surface area contributed by atoms with E-state index in [1.54, 1.807) is 36.4 Å². The molecule has 0 fully saturated rings. The van der Waals surface area contributed by atoms with Crippen LogP contribution in [0.3, 0.4) is 0 Å². The van der Waals surface area contributed by atoms with Gasteiger partial charge in [-0.1, -0.05) is 0 Å². The number of carbonyl (C=O) groups is 1. The van der Waals surface area contributed by atoms with E-state index in [-0.39, 0.29) is 5.91 Å². The first-order valence-electron chi connectivity index (χ1n) is 6.23. The molecule has 3 N–H and O–H groups in total. The lowest BCUT2D eigenvalue weighted by molar-refractivity contribution is 0.102. The van der Waals surface area contributed by atoms with E-state index < -0.39 is 0 Å². The zero-order valence-electron chi connectivity index (χ0n) is 11.0. The fourth-order valence-electron chi connectivity index (χ4n) is 1.81. The summed E-state index contributed by atoms with van der Waals surface area (Å²) in [6, 6.07) is 13.9. The van der Waals surface area contributed by atoms with E-state index in [2.05, 4.69) is 20.8 Å². The molecule has 0 spiro atoms. The van der Waals surface area contributed by atoms with Crippen LogP contribution in [0.4, 0.5) is 11.4 Å². The quantitative estimate of drug-likeness (QED) is 0.708. The maximum atomic E-state index is 12.0. The molecule has 3 aromatic rings. The number of anilines is 2. The Morgan fingerprint density at radius 3 is 2.38 bits per heavy atom. The smallest absolute Gasteiger partial charge is 0.255 e. The van der Waals surface area contributed by atoms with Gasteiger partial charge in [-0.2, -0.15) is 0 Å². The van der Waals surface area contributed by atoms with Gasteiger partial charge in [0.15, 0.2) is 0 Å². The second-order valence-corrected chi connectivity index (χ2v) is 4.38. The molecule has 0 saturated heterocycles. The monoisotopic (exact) mass is 280 g/mol. The van der Waals surface area contributed by atoms with Crippen LogP contribution in [0, 0.1) is 0 Å². The number of rotatable bonds is 3. The molecule has 3 rings (SSSR count). The highest BCUT2D eigenvalue weighted by atomic mass is 16.1. The summed E-state index contributed by atoms with van der Waals surface area (Å²) in [6.07, 6.45) is 1.50. The normalized spacial score (nSPS) is 10.3. The van der Waals surface area contributed by atoms with Gasteiger partial charge in [0, 0.05) is 16.9 Å². The minimum Gasteiger partial charge on any atom is -0.399 e. The Morgan fingerprint density at radius 2 is 1.76 bits per heavy atom. The first kappa shape index (κ1) is 12.8. The number of amides is 1. The van der Waals surface area contributed by atoms with Crippen LogP contribution in [-0.2, 0) is 0 Å². The van der Waals surface area contributed by atoms with Crippen molar-refractivity contribution in [3.8, 4) is 5.69 Å². The highest BCUT2D eigenvalue weighted by molar-refractivity contribution is 6.04. The number of carbonyl (C=O) groups excluding carboxylic acids is 1. The van der Waals surface area contributed by atoms with E-state index in [1.807, 2.05) is 12.1 Å². The molecule has 1 heterocycles. The van der Waals surface area contributed by atoms with E-state index >= 15 is 0 Å². The Hall–Kier alpha value is -3.22. The van der Waals surface area contributed by atoms with Crippen molar-refractivity contribution in [1.29, 1.82) is 0 Å². The number of nitrogens with two attached hydrogens (primary N) is 1. The molecule has 0 atom stereocenters. The highest BCUT2D eigenvalue weighted by Gasteiger charge is 2.06. The van der Waals surface area contributed by atoms with Gasteiger partial charge >= 0.3 is 0 Å². The molecule has 7 nitrogen and oxygen atoms in total. The maximum Gasteiger partial charge on any atom is 0.255 e. The summed E-state index contributed by atoms with van der Waals surface area (Å²) >= 11 is 0. The number of aromatic nitrogens is 4. The van der Waals surface area contributed by atoms with Crippen molar-refractivity contribution in [2.24, 2.45) is 0 Å². The maximum absolute atomic E-state index is 12.0. The molecule has 1 amide bonds. The Morgan fingerprint density at radius 1 is 1.05 bits per heavy atom. The Bertz CT molecular complexity index is 734. The zero-order valence-corrected chi connectivity index (χ0v) is 11.0. The number of nitrogens with one attached hydrogen (secondary N) is 1. The number of hydrogen-bond donors (Lipinski definition) is 2. The molecule has 0 aliphatic heterocycles. The predicted molar refractivity (Wildman–Crippen MR) is 78.0 cm³/mol. The number of tetrazole rings is 1. The predicted octanol–water partition coefficient (Wildman–Crippen LogP) is 1.50. The molecule has 0 bridgehead atoms. The van der Waals surface area contributed by atoms with Gasteiger partial charge in [0.25, 0.3) is 5.91 Å². The topological polar surface area (TPSA) is 98.7 Å². The first-order valence-corrected chi connectivity index (χ1v) is 6.23. The molecule has 0 saturated carbocycles. The van der Waals surface area contributed by atoms with Crippen LogP contribution in [0.2, 0.25) is 0 Å². The molecule has 7 heteroatoms. The van der Waals surface area contributed by atoms with Gasteiger partial charge < -0.3 is 11.1 Å². The molecular formula is C14H12N6O. The van der Waals surface area contributed by atoms with Crippen molar-refractivity contribution < 1.29 is 4.79 Å². The SMILES string of the molecule is Nc1ccc(C(=O)Nc2ccc(-n3cnnn3)cc2)cc1. The van der Waals surface area contributed by atoms with Crippen molar-refractivity contribution in [3.05, 3.63) is 60.4 Å². The molecule has 0 unspecified atom stereocenters. The lowest BCUT2D eigenvalue weighted by atomic mass is 10.2. The van der Waals surface area contributed by atoms with Crippen LogP contribution in [0.5, 0.6) is 0 Å². The van der Waals surface area contributed by atoms with Gasteiger partial charge in [0.1, 0.15) is 6.33 Å². The Balaban J connectivity index is 1.73. The molecule has 2 aromatic carbocycles. The van der Waals surface area contributed by atoms with Gasteiger partial charge in [-0.05, 0) is 59.0 Å². The minimum absolute atomic E-state index is 0.190. The van der Waals surface area contributed by atoms with Crippen LogP contribution in [-0.4, -0.2) is 26.1 Å². The average molecular weight is 280 g/mol. The lowest BCUT2D eigenvalue weighted by Crippen LogP contribution is -2.11. The second kappa shape index (κ2) is 5.41. The van der Waals surface area contributed by atoms with E-state index in [4.69, 9.17) is 5.73 Å². The van der Waals surface area contributed by atoms with E-state index in [0.29, 0.717) is 16.9 Å². The molecule has 1 aromatic heterocycles. The summed E-state index contributed by atoms with van der Waals surface area (Å²) in [6.45, 7) is 0. The standard InChI is InChI=1S/C14H12N6O/c15-11-3-1-10(2-4-11)14(21)17-12-5-7-13(8-6-12)20-9-16-18-19-20/h1-9H,15H2,(H,17,21). The molecule has 0 radical (unpaired) electrons. The molecule has 0 aliphatic carbocycles. The fraction of sp³-hybridized carbons (Fsp3) is 0. The number of nitrogens with zero attached hydrogens (tertiary/aromatic N) is 4. The van der Waals surface area contributed by atoms with E-state index in [1.165, 1.54) is 11.0 Å². The van der Waals surface area contributed by atoms with E-state index in [9.17, 15) is 4.79 Å². The van der Waals surface area contributed by atoms with Crippen LogP contribution >= 0.6 is 0 Å².